The average molecular weight is 262 g/mol. The molecule has 1 aliphatic rings. The molecule has 2 rings (SSSR count). The van der Waals surface area contributed by atoms with E-state index in [1.54, 1.807) is 0 Å². The molecule has 1 heterocycles. The third-order valence-corrected chi connectivity index (χ3v) is 3.85. The van der Waals surface area contributed by atoms with Gasteiger partial charge in [-0.05, 0) is 57.5 Å². The van der Waals surface area contributed by atoms with Crippen LogP contribution >= 0.6 is 0 Å². The molecule has 1 fully saturated rings. The molecule has 0 unspecified atom stereocenters. The van der Waals surface area contributed by atoms with Crippen molar-refractivity contribution in [1.29, 1.82) is 0 Å². The summed E-state index contributed by atoms with van der Waals surface area (Å²) >= 11 is 0. The molecule has 3 heteroatoms. The lowest BCUT2D eigenvalue weighted by atomic mass is 9.98. The Kier molecular flexibility index (Phi) is 5.67. The van der Waals surface area contributed by atoms with E-state index in [4.69, 9.17) is 4.74 Å². The summed E-state index contributed by atoms with van der Waals surface area (Å²) in [6.45, 7) is 7.41. The lowest BCUT2D eigenvalue weighted by molar-refractivity contribution is 0.198. The summed E-state index contributed by atoms with van der Waals surface area (Å²) in [5, 5.41) is 3.42. The predicted octanol–water partition coefficient (Wildman–Crippen LogP) is 2.31. The van der Waals surface area contributed by atoms with Crippen molar-refractivity contribution >= 4 is 0 Å². The van der Waals surface area contributed by atoms with Crippen molar-refractivity contribution < 1.29 is 4.74 Å². The van der Waals surface area contributed by atoms with Gasteiger partial charge in [0.25, 0.3) is 0 Å². The maximum absolute atomic E-state index is 5.84. The number of para-hydroxylation sites is 1. The molecule has 1 saturated heterocycles. The Hall–Kier alpha value is -1.06. The summed E-state index contributed by atoms with van der Waals surface area (Å²) in [6.07, 6.45) is 2.62. The summed E-state index contributed by atoms with van der Waals surface area (Å²) < 4.78 is 5.84. The van der Waals surface area contributed by atoms with Crippen molar-refractivity contribution in [3.8, 4) is 5.75 Å². The molecule has 1 aromatic rings. The quantitative estimate of drug-likeness (QED) is 0.851. The Morgan fingerprint density at radius 2 is 2.00 bits per heavy atom. The first-order valence-electron chi connectivity index (χ1n) is 7.33. The third-order valence-electron chi connectivity index (χ3n) is 3.85. The van der Waals surface area contributed by atoms with Crippen LogP contribution in [0.3, 0.4) is 0 Å². The van der Waals surface area contributed by atoms with Gasteiger partial charge in [-0.15, -0.1) is 0 Å². The van der Waals surface area contributed by atoms with Crippen molar-refractivity contribution in [1.82, 2.24) is 10.2 Å². The van der Waals surface area contributed by atoms with E-state index >= 15 is 0 Å². The van der Waals surface area contributed by atoms with Gasteiger partial charge in [-0.3, -0.25) is 0 Å². The SMILES string of the molecule is Cc1ccccc1OCCN(C)CC1CCNCC1. The van der Waals surface area contributed by atoms with Gasteiger partial charge in [-0.2, -0.15) is 0 Å². The van der Waals surface area contributed by atoms with Crippen LogP contribution in [0.1, 0.15) is 18.4 Å². The van der Waals surface area contributed by atoms with E-state index in [2.05, 4.69) is 30.3 Å². The molecule has 106 valence electrons. The topological polar surface area (TPSA) is 24.5 Å². The molecule has 0 saturated carbocycles. The highest BCUT2D eigenvalue weighted by Gasteiger charge is 2.14. The van der Waals surface area contributed by atoms with E-state index in [1.807, 2.05) is 18.2 Å². The maximum atomic E-state index is 5.84. The number of piperidine rings is 1. The first-order valence-corrected chi connectivity index (χ1v) is 7.33. The molecule has 1 N–H and O–H groups in total. The van der Waals surface area contributed by atoms with Crippen molar-refractivity contribution in [2.24, 2.45) is 5.92 Å². The number of rotatable bonds is 6. The Morgan fingerprint density at radius 1 is 1.26 bits per heavy atom. The number of aryl methyl sites for hydroxylation is 1. The van der Waals surface area contributed by atoms with Gasteiger partial charge in [-0.1, -0.05) is 18.2 Å². The molecular formula is C16H26N2O. The smallest absolute Gasteiger partial charge is 0.122 e. The number of nitrogens with one attached hydrogen (secondary N) is 1. The Labute approximate surface area is 116 Å². The molecule has 0 bridgehead atoms. The van der Waals surface area contributed by atoms with Crippen LogP contribution < -0.4 is 10.1 Å². The fraction of sp³-hybridized carbons (Fsp3) is 0.625. The van der Waals surface area contributed by atoms with Crippen LogP contribution in [0.4, 0.5) is 0 Å². The standard InChI is InChI=1S/C16H26N2O/c1-14-5-3-4-6-16(14)19-12-11-18(2)13-15-7-9-17-10-8-15/h3-6,15,17H,7-13H2,1-2H3. The molecular weight excluding hydrogens is 236 g/mol. The van der Waals surface area contributed by atoms with E-state index in [0.29, 0.717) is 0 Å². The minimum atomic E-state index is 0.770. The zero-order valence-electron chi connectivity index (χ0n) is 12.2. The fourth-order valence-electron chi connectivity index (χ4n) is 2.63. The highest BCUT2D eigenvalue weighted by Crippen LogP contribution is 2.16. The molecule has 1 aliphatic heterocycles. The Morgan fingerprint density at radius 3 is 2.74 bits per heavy atom. The Bertz CT molecular complexity index is 375. The first kappa shape index (κ1) is 14.4. The van der Waals surface area contributed by atoms with Crippen LogP contribution in [-0.2, 0) is 0 Å². The summed E-state index contributed by atoms with van der Waals surface area (Å²) in [6, 6.07) is 8.21. The van der Waals surface area contributed by atoms with Crippen molar-refractivity contribution in [3.05, 3.63) is 29.8 Å². The second-order valence-corrected chi connectivity index (χ2v) is 5.57. The number of likely N-dealkylation sites (N-methyl/N-ethyl adjacent to an activating group) is 1. The van der Waals surface area contributed by atoms with E-state index in [-0.39, 0.29) is 0 Å². The number of nitrogens with zero attached hydrogens (tertiary/aromatic N) is 1. The minimum absolute atomic E-state index is 0.770. The summed E-state index contributed by atoms with van der Waals surface area (Å²) in [5.74, 6) is 1.86. The van der Waals surface area contributed by atoms with Gasteiger partial charge in [0.1, 0.15) is 12.4 Å². The zero-order chi connectivity index (χ0) is 13.5. The van der Waals surface area contributed by atoms with Crippen molar-refractivity contribution in [2.75, 3.05) is 39.8 Å². The third kappa shape index (κ3) is 4.84. The highest BCUT2D eigenvalue weighted by molar-refractivity contribution is 5.31. The largest absolute Gasteiger partial charge is 0.492 e. The van der Waals surface area contributed by atoms with Crippen LogP contribution in [0, 0.1) is 12.8 Å². The molecule has 0 aromatic heterocycles. The molecule has 19 heavy (non-hydrogen) atoms. The monoisotopic (exact) mass is 262 g/mol. The molecule has 0 amide bonds. The van der Waals surface area contributed by atoms with Crippen molar-refractivity contribution in [3.63, 3.8) is 0 Å². The highest BCUT2D eigenvalue weighted by atomic mass is 16.5. The number of hydrogen-bond acceptors (Lipinski definition) is 3. The fourth-order valence-corrected chi connectivity index (χ4v) is 2.63. The molecule has 0 radical (unpaired) electrons. The number of ether oxygens (including phenoxy) is 1. The van der Waals surface area contributed by atoms with Gasteiger partial charge in [0.2, 0.25) is 0 Å². The van der Waals surface area contributed by atoms with Gasteiger partial charge in [0.05, 0.1) is 0 Å². The normalized spacial score (nSPS) is 16.8. The van der Waals surface area contributed by atoms with Crippen LogP contribution in [0.2, 0.25) is 0 Å². The van der Waals surface area contributed by atoms with E-state index in [1.165, 1.54) is 38.0 Å². The zero-order valence-corrected chi connectivity index (χ0v) is 12.2. The van der Waals surface area contributed by atoms with Gasteiger partial charge >= 0.3 is 0 Å². The van der Waals surface area contributed by atoms with Crippen LogP contribution in [0.5, 0.6) is 5.75 Å². The van der Waals surface area contributed by atoms with E-state index in [9.17, 15) is 0 Å². The first-order chi connectivity index (χ1) is 9.25. The molecule has 0 spiro atoms. The van der Waals surface area contributed by atoms with Crippen molar-refractivity contribution in [2.45, 2.75) is 19.8 Å². The lowest BCUT2D eigenvalue weighted by Gasteiger charge is -2.27. The molecule has 3 nitrogen and oxygen atoms in total. The average Bonchev–Trinajstić information content (AvgIpc) is 2.42. The Balaban J connectivity index is 1.66. The van der Waals surface area contributed by atoms with Crippen LogP contribution in [0.15, 0.2) is 24.3 Å². The predicted molar refractivity (Wildman–Crippen MR) is 79.8 cm³/mol. The second kappa shape index (κ2) is 7.51. The molecule has 0 aliphatic carbocycles. The maximum Gasteiger partial charge on any atom is 0.122 e. The van der Waals surface area contributed by atoms with Gasteiger partial charge in [-0.25, -0.2) is 0 Å². The molecule has 1 aromatic carbocycles. The van der Waals surface area contributed by atoms with E-state index in [0.717, 1.165) is 24.8 Å². The minimum Gasteiger partial charge on any atom is -0.492 e. The summed E-state index contributed by atoms with van der Waals surface area (Å²) in [4.78, 5) is 2.40. The summed E-state index contributed by atoms with van der Waals surface area (Å²) in [5.41, 5.74) is 1.21. The second-order valence-electron chi connectivity index (χ2n) is 5.57. The number of benzene rings is 1. The van der Waals surface area contributed by atoms with E-state index < -0.39 is 0 Å². The van der Waals surface area contributed by atoms with Gasteiger partial charge in [0.15, 0.2) is 0 Å². The number of hydrogen-bond donors (Lipinski definition) is 1. The van der Waals surface area contributed by atoms with Crippen LogP contribution in [0.25, 0.3) is 0 Å². The lowest BCUT2D eigenvalue weighted by Crippen LogP contribution is -2.36. The van der Waals surface area contributed by atoms with Crippen LogP contribution in [-0.4, -0.2) is 44.7 Å². The van der Waals surface area contributed by atoms with Gasteiger partial charge in [0, 0.05) is 13.1 Å². The van der Waals surface area contributed by atoms with Gasteiger partial charge < -0.3 is 15.0 Å². The summed E-state index contributed by atoms with van der Waals surface area (Å²) in [7, 11) is 2.20. The molecule has 0 atom stereocenters.